The minimum atomic E-state index is -4.41. The molecule has 0 aliphatic rings. The molecule has 0 saturated carbocycles. The van der Waals surface area contributed by atoms with Gasteiger partial charge in [-0.2, -0.15) is 13.2 Å². The summed E-state index contributed by atoms with van der Waals surface area (Å²) < 4.78 is 37.8. The molecule has 0 bridgehead atoms. The van der Waals surface area contributed by atoms with Gasteiger partial charge >= 0.3 is 6.18 Å². The van der Waals surface area contributed by atoms with Gasteiger partial charge in [0.1, 0.15) is 5.75 Å². The molecule has 0 radical (unpaired) electrons. The normalized spacial score (nSPS) is 12.1. The van der Waals surface area contributed by atoms with Crippen LogP contribution in [0.25, 0.3) is 12.2 Å². The van der Waals surface area contributed by atoms with E-state index in [-0.39, 0.29) is 11.5 Å². The monoisotopic (exact) mass is 318 g/mol. The molecule has 23 heavy (non-hydrogen) atoms. The Kier molecular flexibility index (Phi) is 5.01. The van der Waals surface area contributed by atoms with E-state index >= 15 is 0 Å². The molecule has 5 heteroatoms. The lowest BCUT2D eigenvalue weighted by Crippen LogP contribution is -2.04. The van der Waals surface area contributed by atoms with Crippen molar-refractivity contribution in [2.24, 2.45) is 0 Å². The Morgan fingerprint density at radius 2 is 1.48 bits per heavy atom. The van der Waals surface area contributed by atoms with E-state index < -0.39 is 11.7 Å². The number of phenolic OH excluding ortho intramolecular Hbond substituents is 1. The first-order valence-electron chi connectivity index (χ1n) is 6.71. The van der Waals surface area contributed by atoms with Crippen LogP contribution in [-0.4, -0.2) is 10.9 Å². The lowest BCUT2D eigenvalue weighted by atomic mass is 10.1. The summed E-state index contributed by atoms with van der Waals surface area (Å²) >= 11 is 0. The number of ketones is 1. The molecule has 0 aliphatic heterocycles. The van der Waals surface area contributed by atoms with Crippen molar-refractivity contribution in [2.75, 3.05) is 0 Å². The number of hydrogen-bond acceptors (Lipinski definition) is 2. The van der Waals surface area contributed by atoms with Gasteiger partial charge < -0.3 is 5.11 Å². The Morgan fingerprint density at radius 3 is 2.04 bits per heavy atom. The Morgan fingerprint density at radius 1 is 0.913 bits per heavy atom. The second kappa shape index (κ2) is 6.96. The number of allylic oxidation sites excluding steroid dienone is 2. The van der Waals surface area contributed by atoms with Crippen LogP contribution in [0.4, 0.5) is 13.2 Å². The molecule has 0 unspecified atom stereocenters. The predicted molar refractivity (Wildman–Crippen MR) is 82.6 cm³/mol. The number of carbonyl (C=O) groups is 1. The molecule has 0 heterocycles. The third-order valence-corrected chi connectivity index (χ3v) is 2.96. The van der Waals surface area contributed by atoms with Crippen molar-refractivity contribution in [1.29, 1.82) is 0 Å². The Hall–Kier alpha value is -2.82. The topological polar surface area (TPSA) is 37.3 Å². The van der Waals surface area contributed by atoms with Gasteiger partial charge in [-0.1, -0.05) is 36.4 Å². The van der Waals surface area contributed by atoms with Gasteiger partial charge in [-0.25, -0.2) is 0 Å². The van der Waals surface area contributed by atoms with Crippen LogP contribution < -0.4 is 0 Å². The van der Waals surface area contributed by atoms with Gasteiger partial charge in [0.25, 0.3) is 0 Å². The maximum atomic E-state index is 12.6. The van der Waals surface area contributed by atoms with Crippen LogP contribution in [0.3, 0.4) is 0 Å². The number of aromatic hydroxyl groups is 1. The van der Waals surface area contributed by atoms with Crippen LogP contribution >= 0.6 is 0 Å². The quantitative estimate of drug-likeness (QED) is 0.829. The van der Waals surface area contributed by atoms with E-state index in [9.17, 15) is 23.1 Å². The van der Waals surface area contributed by atoms with Crippen LogP contribution in [0.2, 0.25) is 0 Å². The summed E-state index contributed by atoms with van der Waals surface area (Å²) in [4.78, 5) is 11.7. The first-order valence-corrected chi connectivity index (χ1v) is 6.71. The highest BCUT2D eigenvalue weighted by molar-refractivity contribution is 6.04. The van der Waals surface area contributed by atoms with Crippen molar-refractivity contribution in [3.8, 4) is 5.75 Å². The van der Waals surface area contributed by atoms with Gasteiger partial charge in [0.05, 0.1) is 5.56 Å². The number of phenols is 1. The van der Waals surface area contributed by atoms with Crippen molar-refractivity contribution in [1.82, 2.24) is 0 Å². The van der Waals surface area contributed by atoms with Crippen LogP contribution in [-0.2, 0) is 11.0 Å². The Bertz CT molecular complexity index is 759. The highest BCUT2D eigenvalue weighted by atomic mass is 19.4. The third kappa shape index (κ3) is 5.14. The molecular weight excluding hydrogens is 305 g/mol. The Balaban J connectivity index is 2.07. The maximum absolute atomic E-state index is 12.6. The molecule has 1 N–H and O–H groups in total. The molecule has 0 aliphatic carbocycles. The summed E-state index contributed by atoms with van der Waals surface area (Å²) in [5, 5.41) is 9.30. The lowest BCUT2D eigenvalue weighted by molar-refractivity contribution is -0.137. The van der Waals surface area contributed by atoms with E-state index in [0.717, 1.165) is 12.1 Å². The standard InChI is InChI=1S/C18H13F3O2/c19-18(20,21)15-5-1-3-13(11-15)7-9-16(22)10-8-14-4-2-6-17(23)12-14/h1-12,23H. The lowest BCUT2D eigenvalue weighted by Gasteiger charge is -2.06. The molecule has 0 saturated heterocycles. The van der Waals surface area contributed by atoms with Crippen molar-refractivity contribution < 1.29 is 23.1 Å². The highest BCUT2D eigenvalue weighted by Gasteiger charge is 2.30. The average molecular weight is 318 g/mol. The van der Waals surface area contributed by atoms with Gasteiger partial charge in [-0.15, -0.1) is 0 Å². The second-order valence-corrected chi connectivity index (χ2v) is 4.79. The fourth-order valence-corrected chi connectivity index (χ4v) is 1.86. The van der Waals surface area contributed by atoms with Crippen molar-refractivity contribution in [3.63, 3.8) is 0 Å². The van der Waals surface area contributed by atoms with Gasteiger partial charge in [-0.05, 0) is 47.5 Å². The molecule has 0 amide bonds. The van der Waals surface area contributed by atoms with Crippen molar-refractivity contribution in [3.05, 3.63) is 77.4 Å². The zero-order valence-corrected chi connectivity index (χ0v) is 11.9. The summed E-state index contributed by atoms with van der Waals surface area (Å²) in [5.41, 5.74) is 0.173. The number of halogens is 3. The van der Waals surface area contributed by atoms with Crippen molar-refractivity contribution >= 4 is 17.9 Å². The van der Waals surface area contributed by atoms with Crippen molar-refractivity contribution in [2.45, 2.75) is 6.18 Å². The molecular formula is C18H13F3O2. The highest BCUT2D eigenvalue weighted by Crippen LogP contribution is 2.29. The van der Waals surface area contributed by atoms with Gasteiger partial charge in [0.2, 0.25) is 0 Å². The molecule has 0 aromatic heterocycles. The molecule has 0 fully saturated rings. The van der Waals surface area contributed by atoms with E-state index in [2.05, 4.69) is 0 Å². The number of hydrogen-bond donors (Lipinski definition) is 1. The molecule has 0 spiro atoms. The summed E-state index contributed by atoms with van der Waals surface area (Å²) in [6.45, 7) is 0. The van der Waals surface area contributed by atoms with Crippen LogP contribution in [0.5, 0.6) is 5.75 Å². The van der Waals surface area contributed by atoms with Crippen LogP contribution in [0.1, 0.15) is 16.7 Å². The number of alkyl halides is 3. The first-order chi connectivity index (χ1) is 10.8. The molecule has 2 aromatic rings. The zero-order valence-electron chi connectivity index (χ0n) is 11.9. The summed E-state index contributed by atoms with van der Waals surface area (Å²) in [5.74, 6) is -0.287. The molecule has 118 valence electrons. The number of rotatable bonds is 4. The summed E-state index contributed by atoms with van der Waals surface area (Å²) in [6, 6.07) is 11.1. The molecule has 2 rings (SSSR count). The van der Waals surface area contributed by atoms with E-state index in [1.165, 1.54) is 48.6 Å². The average Bonchev–Trinajstić information content (AvgIpc) is 2.50. The van der Waals surface area contributed by atoms with Crippen LogP contribution in [0.15, 0.2) is 60.7 Å². The first kappa shape index (κ1) is 16.5. The Labute approximate surface area is 131 Å². The fourth-order valence-electron chi connectivity index (χ4n) is 1.86. The van der Waals surface area contributed by atoms with Crippen LogP contribution in [0, 0.1) is 0 Å². The second-order valence-electron chi connectivity index (χ2n) is 4.79. The number of benzene rings is 2. The third-order valence-electron chi connectivity index (χ3n) is 2.96. The number of carbonyl (C=O) groups excluding carboxylic acids is 1. The summed E-state index contributed by atoms with van der Waals surface area (Å²) in [6.07, 6.45) is 0.889. The zero-order chi connectivity index (χ0) is 16.9. The molecule has 0 atom stereocenters. The molecule has 2 aromatic carbocycles. The minimum absolute atomic E-state index is 0.0825. The van der Waals surface area contributed by atoms with E-state index in [1.807, 2.05) is 0 Å². The fraction of sp³-hybridized carbons (Fsp3) is 0.0556. The van der Waals surface area contributed by atoms with E-state index in [4.69, 9.17) is 0 Å². The van der Waals surface area contributed by atoms with E-state index in [0.29, 0.717) is 11.1 Å². The van der Waals surface area contributed by atoms with E-state index in [1.54, 1.807) is 12.1 Å². The molecule has 2 nitrogen and oxygen atoms in total. The van der Waals surface area contributed by atoms with Gasteiger partial charge in [0.15, 0.2) is 5.78 Å². The largest absolute Gasteiger partial charge is 0.508 e. The predicted octanol–water partition coefficient (Wildman–Crippen LogP) is 4.71. The summed E-state index contributed by atoms with van der Waals surface area (Å²) in [7, 11) is 0. The van der Waals surface area contributed by atoms with Gasteiger partial charge in [-0.3, -0.25) is 4.79 Å². The smallest absolute Gasteiger partial charge is 0.416 e. The minimum Gasteiger partial charge on any atom is -0.508 e. The SMILES string of the molecule is O=C(C=Cc1cccc(O)c1)C=Cc1cccc(C(F)(F)F)c1. The maximum Gasteiger partial charge on any atom is 0.416 e. The van der Waals surface area contributed by atoms with Gasteiger partial charge in [0, 0.05) is 0 Å².